The lowest BCUT2D eigenvalue weighted by molar-refractivity contribution is -0.282. The Morgan fingerprint density at radius 3 is 1.22 bits per heavy atom. The zero-order chi connectivity index (χ0) is 24.9. The van der Waals surface area contributed by atoms with Crippen LogP contribution in [0.3, 0.4) is 0 Å². The monoisotopic (exact) mass is 499 g/mol. The quantitative estimate of drug-likeness (QED) is 0.546. The molecule has 8 bridgehead atoms. The Hall–Kier alpha value is -2.04. The summed E-state index contributed by atoms with van der Waals surface area (Å²) in [6.45, 7) is 4.93. The van der Waals surface area contributed by atoms with Gasteiger partial charge in [-0.1, -0.05) is 18.2 Å². The van der Waals surface area contributed by atoms with E-state index in [1.54, 1.807) is 0 Å². The molecule has 37 heavy (non-hydrogen) atoms. The minimum absolute atomic E-state index is 0.100. The Morgan fingerprint density at radius 2 is 0.892 bits per heavy atom. The number of rotatable bonds is 3. The predicted octanol–water partition coefficient (Wildman–Crippen LogP) is 5.68. The van der Waals surface area contributed by atoms with Crippen LogP contribution < -0.4 is 11.4 Å². The molecule has 1 aromatic heterocycles. The van der Waals surface area contributed by atoms with E-state index in [1.165, 1.54) is 81.6 Å². The number of para-hydroxylation sites is 1. The molecule has 2 aromatic rings. The van der Waals surface area contributed by atoms with E-state index in [9.17, 15) is 9.59 Å². The van der Waals surface area contributed by atoms with Crippen molar-refractivity contribution in [2.75, 3.05) is 0 Å². The Morgan fingerprint density at radius 1 is 0.568 bits per heavy atom. The smallest absolute Gasteiger partial charge is 0.245 e. The summed E-state index contributed by atoms with van der Waals surface area (Å²) in [5, 5.41) is 0. The average Bonchev–Trinajstić information content (AvgIpc) is 3.10. The van der Waals surface area contributed by atoms with E-state index in [2.05, 4.69) is 13.8 Å². The van der Waals surface area contributed by atoms with Gasteiger partial charge in [0.2, 0.25) is 0 Å². The molecule has 1 aromatic carbocycles. The number of nitrogens with zero attached hydrogens (tertiary/aromatic N) is 3. The molecule has 5 nitrogen and oxygen atoms in total. The van der Waals surface area contributed by atoms with Crippen molar-refractivity contribution in [2.24, 2.45) is 46.3 Å². The first kappa shape index (κ1) is 21.8. The van der Waals surface area contributed by atoms with Gasteiger partial charge in [0.1, 0.15) is 0 Å². The van der Waals surface area contributed by atoms with Crippen LogP contribution in [-0.2, 0) is 11.1 Å². The summed E-state index contributed by atoms with van der Waals surface area (Å²) in [5.41, 5.74) is 0.175. The van der Waals surface area contributed by atoms with Gasteiger partial charge in [0.25, 0.3) is 0 Å². The highest BCUT2D eigenvalue weighted by molar-refractivity contribution is 5.34. The second-order valence-electron chi connectivity index (χ2n) is 15.4. The molecule has 8 saturated carbocycles. The van der Waals surface area contributed by atoms with Crippen molar-refractivity contribution in [1.82, 2.24) is 13.9 Å². The van der Waals surface area contributed by atoms with Gasteiger partial charge in [0.05, 0.1) is 16.8 Å². The third-order valence-corrected chi connectivity index (χ3v) is 13.9. The van der Waals surface area contributed by atoms with E-state index in [4.69, 9.17) is 0 Å². The molecule has 9 aliphatic rings. The van der Waals surface area contributed by atoms with Crippen LogP contribution >= 0.6 is 0 Å². The minimum Gasteiger partial charge on any atom is -0.245 e. The summed E-state index contributed by atoms with van der Waals surface area (Å²) >= 11 is 0. The highest BCUT2D eigenvalue weighted by atomic mass is 16.2. The van der Waals surface area contributed by atoms with Gasteiger partial charge < -0.3 is 0 Å². The van der Waals surface area contributed by atoms with Crippen LogP contribution in [0.15, 0.2) is 39.9 Å². The van der Waals surface area contributed by atoms with Crippen LogP contribution in [0.25, 0.3) is 5.69 Å². The van der Waals surface area contributed by atoms with Crippen molar-refractivity contribution >= 4 is 0 Å². The lowest BCUT2D eigenvalue weighted by atomic mass is 9.35. The Labute approximate surface area is 219 Å². The molecule has 196 valence electrons. The number of hydrogen-bond donors (Lipinski definition) is 0. The highest BCUT2D eigenvalue weighted by Gasteiger charge is 2.78. The van der Waals surface area contributed by atoms with Crippen LogP contribution in [0.2, 0.25) is 0 Å². The number of benzene rings is 1. The standard InChI is InChI=1S/C32H41N3O2/c1-29(31-14-20-8-21(15-31)10-22(9-20)16-31)30(2,32-17-23-11-24(18-32)13-25(12-23)19-32)35-28(37)33(27(36)34(29)35)26-6-4-3-5-7-26/h3-7,20-25H,8-19H2,1-2H3/t20?,21?,22?,23?,24?,25?,29-,30+,31?,32?. The van der Waals surface area contributed by atoms with Gasteiger partial charge in [-0.25, -0.2) is 23.5 Å². The maximum atomic E-state index is 14.4. The molecule has 5 heteroatoms. The summed E-state index contributed by atoms with van der Waals surface area (Å²) in [7, 11) is 0. The number of aromatic nitrogens is 3. The van der Waals surface area contributed by atoms with Crippen molar-refractivity contribution in [3.05, 3.63) is 51.3 Å². The predicted molar refractivity (Wildman–Crippen MR) is 143 cm³/mol. The van der Waals surface area contributed by atoms with Crippen LogP contribution in [0, 0.1) is 46.3 Å². The average molecular weight is 500 g/mol. The van der Waals surface area contributed by atoms with Gasteiger partial charge in [-0.3, -0.25) is 0 Å². The molecule has 8 aliphatic carbocycles. The topological polar surface area (TPSA) is 48.9 Å². The fourth-order valence-electron chi connectivity index (χ4n) is 13.3. The molecular weight excluding hydrogens is 458 g/mol. The van der Waals surface area contributed by atoms with Gasteiger partial charge in [0.15, 0.2) is 0 Å². The van der Waals surface area contributed by atoms with Gasteiger partial charge in [-0.15, -0.1) is 0 Å². The van der Waals surface area contributed by atoms with E-state index in [0.29, 0.717) is 5.69 Å². The second kappa shape index (κ2) is 6.57. The molecule has 0 N–H and O–H groups in total. The molecule has 0 spiro atoms. The zero-order valence-corrected chi connectivity index (χ0v) is 22.5. The molecule has 11 rings (SSSR count). The summed E-state index contributed by atoms with van der Waals surface area (Å²) in [6, 6.07) is 9.69. The molecule has 1 aliphatic heterocycles. The second-order valence-corrected chi connectivity index (χ2v) is 15.4. The number of hydrogen-bond acceptors (Lipinski definition) is 2. The van der Waals surface area contributed by atoms with Gasteiger partial charge in [-0.05, 0) is 149 Å². The van der Waals surface area contributed by atoms with Gasteiger partial charge in [0, 0.05) is 0 Å². The van der Waals surface area contributed by atoms with Crippen LogP contribution in [0.4, 0.5) is 0 Å². The zero-order valence-electron chi connectivity index (χ0n) is 22.5. The van der Waals surface area contributed by atoms with E-state index < -0.39 is 0 Å². The van der Waals surface area contributed by atoms with Gasteiger partial charge in [-0.2, -0.15) is 0 Å². The maximum Gasteiger partial charge on any atom is 0.352 e. The Bertz CT molecular complexity index is 1270. The largest absolute Gasteiger partial charge is 0.352 e. The lowest BCUT2D eigenvalue weighted by Crippen LogP contribution is -2.83. The van der Waals surface area contributed by atoms with Crippen molar-refractivity contribution in [3.8, 4) is 5.69 Å². The third-order valence-electron chi connectivity index (χ3n) is 13.9. The third kappa shape index (κ3) is 2.29. The SMILES string of the molecule is C[C@@]1(C23CC4CC(CC(C4)C2)C3)n2c(=O)n(-c3ccccc3)c(=O)n2[C@]1(C)C12CC3CC(CC(C3)C1)C2. The molecule has 0 radical (unpaired) electrons. The van der Waals surface area contributed by atoms with E-state index in [1.807, 2.05) is 39.7 Å². The van der Waals surface area contributed by atoms with Crippen molar-refractivity contribution in [3.63, 3.8) is 0 Å². The van der Waals surface area contributed by atoms with Gasteiger partial charge >= 0.3 is 11.4 Å². The van der Waals surface area contributed by atoms with Crippen molar-refractivity contribution in [2.45, 2.75) is 102 Å². The van der Waals surface area contributed by atoms with E-state index in [-0.39, 0.29) is 33.3 Å². The molecule has 2 heterocycles. The van der Waals surface area contributed by atoms with Crippen LogP contribution in [-0.4, -0.2) is 13.9 Å². The van der Waals surface area contributed by atoms with Crippen LogP contribution in [0.1, 0.15) is 90.9 Å². The molecule has 0 unspecified atom stereocenters. The first-order valence-corrected chi connectivity index (χ1v) is 15.3. The minimum atomic E-state index is -0.308. The van der Waals surface area contributed by atoms with E-state index >= 15 is 0 Å². The Kier molecular flexibility index (Phi) is 3.88. The highest BCUT2D eigenvalue weighted by Crippen LogP contribution is 2.76. The molecule has 2 atom stereocenters. The molecule has 0 saturated heterocycles. The fraction of sp³-hybridized carbons (Fsp3) is 0.750. The molecular formula is C32H41N3O2. The number of fused-ring (bicyclic) bond motifs is 1. The lowest BCUT2D eigenvalue weighted by Gasteiger charge is -2.76. The summed E-state index contributed by atoms with van der Waals surface area (Å²) in [5.74, 6) is 4.90. The maximum absolute atomic E-state index is 14.4. The fourth-order valence-corrected chi connectivity index (χ4v) is 13.3. The molecule has 0 amide bonds. The Balaban J connectivity index is 1.32. The normalized spacial score (nSPS) is 50.3. The summed E-state index contributed by atoms with van der Waals surface area (Å²) in [6.07, 6.45) is 15.9. The first-order chi connectivity index (χ1) is 17.8. The van der Waals surface area contributed by atoms with E-state index in [0.717, 1.165) is 35.5 Å². The summed E-state index contributed by atoms with van der Waals surface area (Å²) in [4.78, 5) is 28.8. The van der Waals surface area contributed by atoms with Crippen molar-refractivity contribution < 1.29 is 0 Å². The first-order valence-electron chi connectivity index (χ1n) is 15.3. The molecule has 8 fully saturated rings. The van der Waals surface area contributed by atoms with Crippen molar-refractivity contribution in [1.29, 1.82) is 0 Å². The van der Waals surface area contributed by atoms with Crippen LogP contribution in [0.5, 0.6) is 0 Å². The summed E-state index contributed by atoms with van der Waals surface area (Å²) < 4.78 is 5.58.